The van der Waals surface area contributed by atoms with Crippen molar-refractivity contribution >= 4 is 15.6 Å². The second-order valence-corrected chi connectivity index (χ2v) is 11.8. The molecule has 1 heterocycles. The second kappa shape index (κ2) is 11.8. The van der Waals surface area contributed by atoms with Crippen molar-refractivity contribution in [2.75, 3.05) is 52.4 Å². The fourth-order valence-corrected chi connectivity index (χ4v) is 1.97. The molecule has 0 aromatic heterocycles. The largest absolute Gasteiger partial charge is 2.00 e. The zero-order chi connectivity index (χ0) is 26.3. The molecule has 22 heteroatoms. The minimum atomic E-state index is -10.7. The Hall–Kier alpha value is 0.259. The first-order valence-corrected chi connectivity index (χ1v) is 12.9. The second-order valence-electron chi connectivity index (χ2n) is 7.93. The summed E-state index contributed by atoms with van der Waals surface area (Å²) < 4.78 is 118. The minimum Gasteiger partial charge on any atom is -0.412 e. The van der Waals surface area contributed by atoms with Gasteiger partial charge in [-0.2, -0.15) is 0 Å². The Morgan fingerprint density at radius 3 is 0.735 bits per heavy atom. The van der Waals surface area contributed by atoms with Crippen LogP contribution in [0.2, 0.25) is 0 Å². The van der Waals surface area contributed by atoms with Crippen molar-refractivity contribution in [2.45, 2.75) is 24.9 Å². The Labute approximate surface area is 199 Å². The van der Waals surface area contributed by atoms with Gasteiger partial charge >= 0.3 is 83.0 Å². The molecule has 0 spiro atoms. The molecule has 7 nitrogen and oxygen atoms in total. The van der Waals surface area contributed by atoms with E-state index in [9.17, 15) is 50.4 Å². The van der Waals surface area contributed by atoms with Crippen molar-refractivity contribution in [1.29, 1.82) is 0 Å². The van der Waals surface area contributed by atoms with Crippen molar-refractivity contribution in [1.82, 2.24) is 21.3 Å². The first kappa shape index (κ1) is 41.4. The fraction of sp³-hybridized carbons (Fsp3) is 1.00. The summed E-state index contributed by atoms with van der Waals surface area (Å²) >= 11 is 0. The summed E-state index contributed by atoms with van der Waals surface area (Å²) in [7, 11) is -21.3. The molecular weight excluding hydrogens is 590 g/mol. The molecule has 218 valence electrons. The van der Waals surface area contributed by atoms with Gasteiger partial charge in [-0.05, 0) is 13.8 Å². The van der Waals surface area contributed by atoms with Gasteiger partial charge < -0.3 is 38.2 Å². The predicted octanol–water partition coefficient (Wildman–Crippen LogP) is 3.73. The van der Waals surface area contributed by atoms with Gasteiger partial charge in [0.05, 0.1) is 0 Å². The maximum atomic E-state index is 9.87. The molecule has 0 aromatic carbocycles. The zero-order valence-corrected chi connectivity index (χ0v) is 21.0. The number of halogens is 12. The van der Waals surface area contributed by atoms with Gasteiger partial charge in [0, 0.05) is 63.4 Å². The molecule has 0 unspecified atom stereocenters. The average Bonchev–Trinajstić information content (AvgIpc) is 2.39. The monoisotopic (exact) mass is 622 g/mol. The van der Waals surface area contributed by atoms with Crippen LogP contribution in [0.25, 0.3) is 0 Å². The molecule has 1 aliphatic heterocycles. The zero-order valence-electron chi connectivity index (χ0n) is 18.1. The Bertz CT molecular complexity index is 492. The van der Waals surface area contributed by atoms with Crippen LogP contribution < -0.4 is 32.7 Å². The predicted molar refractivity (Wildman–Crippen MR) is 107 cm³/mol. The molecule has 0 saturated carbocycles. The van der Waals surface area contributed by atoms with Crippen LogP contribution in [0.1, 0.15) is 13.8 Å². The van der Waals surface area contributed by atoms with E-state index in [-0.39, 0.29) is 33.6 Å². The van der Waals surface area contributed by atoms with Crippen LogP contribution in [-0.4, -0.2) is 68.9 Å². The van der Waals surface area contributed by atoms with Crippen LogP contribution >= 0.6 is 15.6 Å². The number of nitrogens with two attached hydrogens (primary N) is 2. The van der Waals surface area contributed by atoms with Crippen LogP contribution in [-0.2, 0) is 17.1 Å². The molecule has 10 N–H and O–H groups in total. The summed E-state index contributed by atoms with van der Waals surface area (Å²) in [6, 6.07) is 0. The topological polar surface area (TPSA) is 132 Å². The quantitative estimate of drug-likeness (QED) is 0.139. The Balaban J connectivity index is -0.000000235. The Morgan fingerprint density at radius 2 is 0.618 bits per heavy atom. The van der Waals surface area contributed by atoms with E-state index in [1.54, 1.807) is 0 Å². The number of nitrogens with one attached hydrogen (secondary N) is 4. The van der Waals surface area contributed by atoms with Crippen LogP contribution in [0.3, 0.4) is 0 Å². The third-order valence-corrected chi connectivity index (χ3v) is 3.07. The average molecular weight is 622 g/mol. The molecule has 0 aliphatic carbocycles. The standard InChI is InChI=1S/C12H30N6.2F6P.Fe.H2O/c1-11(13)7-15-3-5-17-9-12(2,14)10-18-6-4-16-8-11;2*1-7(2,3,4,5)6;;/h15-18H,3-10,13-14H2,1-2H3;;;;1H2/q;2*-1;+2;. The molecule has 0 amide bonds. The Kier molecular flexibility index (Phi) is 14.3. The van der Waals surface area contributed by atoms with Gasteiger partial charge in [-0.3, -0.25) is 0 Å². The molecule has 0 atom stereocenters. The molecule has 1 aliphatic rings. The third kappa shape index (κ3) is 63.6. The summed E-state index contributed by atoms with van der Waals surface area (Å²) in [5.41, 5.74) is 12.0. The van der Waals surface area contributed by atoms with Crippen molar-refractivity contribution in [2.24, 2.45) is 11.5 Å². The molecule has 1 rings (SSSR count). The van der Waals surface area contributed by atoms with E-state index in [4.69, 9.17) is 11.5 Å². The van der Waals surface area contributed by atoms with Gasteiger partial charge in [0.25, 0.3) is 0 Å². The summed E-state index contributed by atoms with van der Waals surface area (Å²) in [4.78, 5) is 0. The molecule has 1 saturated heterocycles. The summed E-state index contributed by atoms with van der Waals surface area (Å²) in [5.74, 6) is 0. The van der Waals surface area contributed by atoms with Crippen molar-refractivity contribution in [3.8, 4) is 0 Å². The maximum Gasteiger partial charge on any atom is 2.00 e. The van der Waals surface area contributed by atoms with Gasteiger partial charge in [0.2, 0.25) is 0 Å². The van der Waals surface area contributed by atoms with Crippen molar-refractivity contribution in [3.63, 3.8) is 0 Å². The molecule has 1 fully saturated rings. The third-order valence-electron chi connectivity index (χ3n) is 3.07. The van der Waals surface area contributed by atoms with Gasteiger partial charge in [-0.1, -0.05) is 0 Å². The van der Waals surface area contributed by atoms with Crippen molar-refractivity contribution < 1.29 is 72.9 Å². The number of hydrogen-bond donors (Lipinski definition) is 6. The van der Waals surface area contributed by atoms with Crippen LogP contribution in [0.15, 0.2) is 0 Å². The van der Waals surface area contributed by atoms with Gasteiger partial charge in [0.1, 0.15) is 0 Å². The van der Waals surface area contributed by atoms with Crippen LogP contribution in [0.4, 0.5) is 50.4 Å². The SMILES string of the molecule is CC1(N)CNCCNCC(C)(N)CNCCNC1.F[P-](F)(F)(F)(F)F.F[P-](F)(F)(F)(F)F.O.[Fe+2]. The van der Waals surface area contributed by atoms with Crippen LogP contribution in [0.5, 0.6) is 0 Å². The maximum absolute atomic E-state index is 10.7. The van der Waals surface area contributed by atoms with Gasteiger partial charge in [-0.15, -0.1) is 0 Å². The summed E-state index contributed by atoms with van der Waals surface area (Å²) in [6.45, 7) is 11.0. The molecule has 0 bridgehead atoms. The van der Waals surface area contributed by atoms with E-state index in [0.717, 1.165) is 52.4 Å². The van der Waals surface area contributed by atoms with Crippen molar-refractivity contribution in [3.05, 3.63) is 0 Å². The van der Waals surface area contributed by atoms with Gasteiger partial charge in [0.15, 0.2) is 0 Å². The van der Waals surface area contributed by atoms with E-state index in [0.29, 0.717) is 0 Å². The summed E-state index contributed by atoms with van der Waals surface area (Å²) in [5, 5.41) is 13.5. The van der Waals surface area contributed by atoms with E-state index in [1.165, 1.54) is 0 Å². The van der Waals surface area contributed by atoms with E-state index in [1.807, 2.05) is 0 Å². The van der Waals surface area contributed by atoms with Gasteiger partial charge in [-0.25, -0.2) is 0 Å². The molecular formula is C12H32F12FeN6OP2. The molecule has 0 radical (unpaired) electrons. The smallest absolute Gasteiger partial charge is 0.412 e. The Morgan fingerprint density at radius 1 is 0.500 bits per heavy atom. The minimum absolute atomic E-state index is 0. The van der Waals surface area contributed by atoms with E-state index in [2.05, 4.69) is 35.1 Å². The normalized spacial score (nSPS) is 29.6. The molecule has 0 aromatic rings. The van der Waals surface area contributed by atoms with Crippen LogP contribution in [0, 0.1) is 0 Å². The summed E-state index contributed by atoms with van der Waals surface area (Å²) in [6.07, 6.45) is 0. The number of hydrogen-bond acceptors (Lipinski definition) is 6. The first-order chi connectivity index (χ1) is 13.3. The first-order valence-electron chi connectivity index (χ1n) is 8.85. The number of rotatable bonds is 0. The molecule has 34 heavy (non-hydrogen) atoms. The van der Waals surface area contributed by atoms with E-state index < -0.39 is 15.6 Å². The fourth-order valence-electron chi connectivity index (χ4n) is 1.97. The van der Waals surface area contributed by atoms with E-state index >= 15 is 0 Å².